The number of ketones is 1. The number of fused-ring (bicyclic) bond motifs is 1. The predicted octanol–water partition coefficient (Wildman–Crippen LogP) is 4.61. The van der Waals surface area contributed by atoms with Crippen LogP contribution in [0.4, 0.5) is 0 Å². The van der Waals surface area contributed by atoms with Crippen molar-refractivity contribution in [1.29, 1.82) is 0 Å². The van der Waals surface area contributed by atoms with Crippen LogP contribution in [-0.2, 0) is 11.3 Å². The first kappa shape index (κ1) is 18.8. The predicted molar refractivity (Wildman–Crippen MR) is 114 cm³/mol. The van der Waals surface area contributed by atoms with Crippen molar-refractivity contribution in [2.45, 2.75) is 12.6 Å². The molecule has 0 bridgehead atoms. The van der Waals surface area contributed by atoms with Gasteiger partial charge < -0.3 is 14.4 Å². The van der Waals surface area contributed by atoms with E-state index in [1.54, 1.807) is 30.6 Å². The van der Waals surface area contributed by atoms with Gasteiger partial charge in [0.2, 0.25) is 5.78 Å². The number of aromatic nitrogens is 1. The molecular formula is C25H18N2O4. The summed E-state index contributed by atoms with van der Waals surface area (Å²) in [5.41, 5.74) is 2.10. The van der Waals surface area contributed by atoms with Gasteiger partial charge in [-0.2, -0.15) is 0 Å². The highest BCUT2D eigenvalue weighted by Gasteiger charge is 2.44. The average Bonchev–Trinajstić information content (AvgIpc) is 3.35. The molecule has 3 heterocycles. The molecule has 0 fully saturated rings. The number of carbonyl (C=O) groups is 2. The van der Waals surface area contributed by atoms with Gasteiger partial charge in [-0.05, 0) is 29.3 Å². The highest BCUT2D eigenvalue weighted by molar-refractivity contribution is 6.16. The van der Waals surface area contributed by atoms with Gasteiger partial charge in [-0.15, -0.1) is 0 Å². The molecular weight excluding hydrogens is 392 g/mol. The van der Waals surface area contributed by atoms with Crippen LogP contribution in [0.25, 0.3) is 11.0 Å². The molecule has 0 aliphatic carbocycles. The SMILES string of the molecule is O=C(C1=C(O)C(=O)N(Cc2cccnc2)C1c1ccccc1)c1cc2ccccc2o1. The topological polar surface area (TPSA) is 83.6 Å². The molecule has 0 saturated heterocycles. The van der Waals surface area contributed by atoms with Gasteiger partial charge in [-0.1, -0.05) is 54.6 Å². The minimum atomic E-state index is -0.741. The Morgan fingerprint density at radius 2 is 1.81 bits per heavy atom. The fourth-order valence-electron chi connectivity index (χ4n) is 3.95. The van der Waals surface area contributed by atoms with Crippen molar-refractivity contribution >= 4 is 22.7 Å². The van der Waals surface area contributed by atoms with Gasteiger partial charge >= 0.3 is 0 Å². The van der Waals surface area contributed by atoms with E-state index in [0.29, 0.717) is 5.58 Å². The molecule has 5 rings (SSSR count). The molecule has 0 spiro atoms. The molecule has 6 nitrogen and oxygen atoms in total. The number of aliphatic hydroxyl groups is 1. The largest absolute Gasteiger partial charge is 0.503 e. The minimum absolute atomic E-state index is 0.0131. The zero-order valence-corrected chi connectivity index (χ0v) is 16.4. The number of amides is 1. The molecule has 2 aromatic heterocycles. The van der Waals surface area contributed by atoms with E-state index < -0.39 is 23.5 Å². The van der Waals surface area contributed by atoms with Crippen LogP contribution in [0.3, 0.4) is 0 Å². The van der Waals surface area contributed by atoms with Gasteiger partial charge in [-0.25, -0.2) is 0 Å². The smallest absolute Gasteiger partial charge is 0.290 e. The number of furan rings is 1. The maximum atomic E-state index is 13.5. The number of nitrogens with zero attached hydrogens (tertiary/aromatic N) is 2. The number of carbonyl (C=O) groups excluding carboxylic acids is 2. The highest BCUT2D eigenvalue weighted by Crippen LogP contribution is 2.40. The fraction of sp³-hybridized carbons (Fsp3) is 0.0800. The molecule has 1 N–H and O–H groups in total. The summed E-state index contributed by atoms with van der Waals surface area (Å²) in [6.07, 6.45) is 3.31. The Kier molecular flexibility index (Phi) is 4.59. The Morgan fingerprint density at radius 3 is 2.55 bits per heavy atom. The number of rotatable bonds is 5. The summed E-state index contributed by atoms with van der Waals surface area (Å²) < 4.78 is 5.73. The van der Waals surface area contributed by atoms with E-state index in [9.17, 15) is 14.7 Å². The lowest BCUT2D eigenvalue weighted by atomic mass is 9.95. The zero-order chi connectivity index (χ0) is 21.4. The second-order valence-corrected chi connectivity index (χ2v) is 7.35. The standard InChI is InChI=1S/C25H18N2O4/c28-23(20-13-18-10-4-5-11-19(18)31-20)21-22(17-8-2-1-3-9-17)27(25(30)24(21)29)15-16-7-6-12-26-14-16/h1-14,22,29H,15H2. The van der Waals surface area contributed by atoms with Crippen molar-refractivity contribution in [2.24, 2.45) is 0 Å². The second-order valence-electron chi connectivity index (χ2n) is 7.35. The molecule has 1 aliphatic heterocycles. The van der Waals surface area contributed by atoms with Gasteiger partial charge in [0.1, 0.15) is 5.58 Å². The summed E-state index contributed by atoms with van der Waals surface area (Å²) >= 11 is 0. The van der Waals surface area contributed by atoms with Crippen LogP contribution in [0.15, 0.2) is 101 Å². The van der Waals surface area contributed by atoms with Crippen LogP contribution < -0.4 is 0 Å². The maximum absolute atomic E-state index is 13.5. The maximum Gasteiger partial charge on any atom is 0.290 e. The number of para-hydroxylation sites is 1. The fourth-order valence-corrected chi connectivity index (χ4v) is 3.95. The van der Waals surface area contributed by atoms with E-state index in [1.165, 1.54) is 4.90 Å². The Bertz CT molecular complexity index is 1280. The molecule has 6 heteroatoms. The summed E-state index contributed by atoms with van der Waals surface area (Å²) in [6.45, 7) is 0.202. The van der Waals surface area contributed by atoms with Crippen molar-refractivity contribution in [1.82, 2.24) is 9.88 Å². The quantitative estimate of drug-likeness (QED) is 0.486. The van der Waals surface area contributed by atoms with Crippen molar-refractivity contribution in [2.75, 3.05) is 0 Å². The number of Topliss-reactive ketones (excluding diaryl/α,β-unsaturated/α-hetero) is 1. The minimum Gasteiger partial charge on any atom is -0.503 e. The molecule has 152 valence electrons. The summed E-state index contributed by atoms with van der Waals surface area (Å²) in [4.78, 5) is 32.1. The molecule has 1 amide bonds. The van der Waals surface area contributed by atoms with Gasteiger partial charge in [0.25, 0.3) is 5.91 Å². The lowest BCUT2D eigenvalue weighted by Gasteiger charge is -2.26. The van der Waals surface area contributed by atoms with E-state index in [1.807, 2.05) is 54.6 Å². The van der Waals surface area contributed by atoms with Crippen LogP contribution in [0, 0.1) is 0 Å². The van der Waals surface area contributed by atoms with Crippen molar-refractivity contribution in [3.05, 3.63) is 113 Å². The monoisotopic (exact) mass is 410 g/mol. The molecule has 1 atom stereocenters. The first-order valence-electron chi connectivity index (χ1n) is 9.84. The Morgan fingerprint density at radius 1 is 1.03 bits per heavy atom. The van der Waals surface area contributed by atoms with Crippen molar-refractivity contribution in [3.8, 4) is 0 Å². The number of hydrogen-bond donors (Lipinski definition) is 1. The van der Waals surface area contributed by atoms with Gasteiger partial charge in [0, 0.05) is 24.3 Å². The highest BCUT2D eigenvalue weighted by atomic mass is 16.3. The molecule has 4 aromatic rings. The lowest BCUT2D eigenvalue weighted by molar-refractivity contribution is -0.130. The third-order valence-corrected chi connectivity index (χ3v) is 5.39. The van der Waals surface area contributed by atoms with Crippen LogP contribution >= 0.6 is 0 Å². The summed E-state index contributed by atoms with van der Waals surface area (Å²) in [7, 11) is 0. The molecule has 2 aromatic carbocycles. The molecule has 0 radical (unpaired) electrons. The van der Waals surface area contributed by atoms with Crippen LogP contribution in [0.5, 0.6) is 0 Å². The van der Waals surface area contributed by atoms with E-state index >= 15 is 0 Å². The molecule has 31 heavy (non-hydrogen) atoms. The summed E-state index contributed by atoms with van der Waals surface area (Å²) in [5, 5.41) is 11.5. The van der Waals surface area contributed by atoms with Crippen LogP contribution in [0.2, 0.25) is 0 Å². The summed E-state index contributed by atoms with van der Waals surface area (Å²) in [6, 6.07) is 21.0. The zero-order valence-electron chi connectivity index (χ0n) is 16.4. The molecule has 1 aliphatic rings. The summed E-state index contributed by atoms with van der Waals surface area (Å²) in [5.74, 6) is -1.58. The molecule has 0 saturated carbocycles. The first-order chi connectivity index (χ1) is 15.1. The first-order valence-corrected chi connectivity index (χ1v) is 9.84. The van der Waals surface area contributed by atoms with E-state index in [4.69, 9.17) is 4.42 Å². The van der Waals surface area contributed by atoms with E-state index in [-0.39, 0.29) is 17.9 Å². The number of hydrogen-bond acceptors (Lipinski definition) is 5. The van der Waals surface area contributed by atoms with Crippen LogP contribution in [0.1, 0.15) is 27.7 Å². The Balaban J connectivity index is 1.59. The van der Waals surface area contributed by atoms with Crippen molar-refractivity contribution in [3.63, 3.8) is 0 Å². The van der Waals surface area contributed by atoms with Gasteiger partial charge in [0.05, 0.1) is 11.6 Å². The second kappa shape index (κ2) is 7.57. The lowest BCUT2D eigenvalue weighted by Crippen LogP contribution is -2.30. The number of aliphatic hydroxyl groups excluding tert-OH is 1. The third kappa shape index (κ3) is 3.28. The van der Waals surface area contributed by atoms with Gasteiger partial charge in [0.15, 0.2) is 11.5 Å². The van der Waals surface area contributed by atoms with E-state index in [2.05, 4.69) is 4.98 Å². The van der Waals surface area contributed by atoms with Gasteiger partial charge in [-0.3, -0.25) is 14.6 Å². The number of pyridine rings is 1. The van der Waals surface area contributed by atoms with Crippen LogP contribution in [-0.4, -0.2) is 26.7 Å². The molecule has 1 unspecified atom stereocenters. The third-order valence-electron chi connectivity index (χ3n) is 5.39. The normalized spacial score (nSPS) is 16.3. The Labute approximate surface area is 178 Å². The average molecular weight is 410 g/mol. The van der Waals surface area contributed by atoms with E-state index in [0.717, 1.165) is 16.5 Å². The number of benzene rings is 2. The van der Waals surface area contributed by atoms with Crippen molar-refractivity contribution < 1.29 is 19.1 Å². The Hall–Kier alpha value is -4.19.